The van der Waals surface area contributed by atoms with E-state index in [9.17, 15) is 9.18 Å². The van der Waals surface area contributed by atoms with Gasteiger partial charge in [-0.05, 0) is 73.2 Å². The molecule has 3 aromatic rings. The summed E-state index contributed by atoms with van der Waals surface area (Å²) in [5, 5.41) is 6.00. The first-order valence-corrected chi connectivity index (χ1v) is 9.89. The highest BCUT2D eigenvalue weighted by molar-refractivity contribution is 5.91. The molecule has 0 atom stereocenters. The Bertz CT molecular complexity index is 991. The number of rotatable bonds is 10. The fourth-order valence-corrected chi connectivity index (χ4v) is 2.84. The molecule has 7 heteroatoms. The van der Waals surface area contributed by atoms with Crippen LogP contribution in [0.25, 0.3) is 0 Å². The minimum absolute atomic E-state index is 0.194. The van der Waals surface area contributed by atoms with E-state index in [1.165, 1.54) is 24.3 Å². The maximum atomic E-state index is 13.0. The fourth-order valence-electron chi connectivity index (χ4n) is 2.84. The number of ether oxygens (including phenoxy) is 3. The van der Waals surface area contributed by atoms with Crippen molar-refractivity contribution < 1.29 is 23.4 Å². The summed E-state index contributed by atoms with van der Waals surface area (Å²) < 4.78 is 29.5. The molecule has 0 unspecified atom stereocenters. The molecule has 0 bridgehead atoms. The molecule has 6 nitrogen and oxygen atoms in total. The van der Waals surface area contributed by atoms with E-state index in [1.54, 1.807) is 13.2 Å². The van der Waals surface area contributed by atoms with Crippen molar-refractivity contribution >= 4 is 17.3 Å². The molecule has 0 fully saturated rings. The van der Waals surface area contributed by atoms with Crippen LogP contribution in [-0.4, -0.2) is 26.2 Å². The topological polar surface area (TPSA) is 68.8 Å². The highest BCUT2D eigenvalue weighted by Crippen LogP contribution is 2.29. The summed E-state index contributed by atoms with van der Waals surface area (Å²) in [6.07, 6.45) is 0. The summed E-state index contributed by atoms with van der Waals surface area (Å²) in [7, 11) is 1.63. The smallest absolute Gasteiger partial charge is 0.262 e. The van der Waals surface area contributed by atoms with Gasteiger partial charge in [0.2, 0.25) is 0 Å². The third-order valence-electron chi connectivity index (χ3n) is 4.38. The Morgan fingerprint density at radius 2 is 1.61 bits per heavy atom. The van der Waals surface area contributed by atoms with Crippen molar-refractivity contribution in [3.63, 3.8) is 0 Å². The Kier molecular flexibility index (Phi) is 7.70. The largest absolute Gasteiger partial charge is 0.497 e. The molecule has 162 valence electrons. The van der Waals surface area contributed by atoms with Gasteiger partial charge in [-0.15, -0.1) is 0 Å². The van der Waals surface area contributed by atoms with E-state index >= 15 is 0 Å². The van der Waals surface area contributed by atoms with Crippen LogP contribution < -0.4 is 24.8 Å². The monoisotopic (exact) mass is 424 g/mol. The van der Waals surface area contributed by atoms with Crippen LogP contribution in [0, 0.1) is 5.82 Å². The maximum Gasteiger partial charge on any atom is 0.262 e. The molecular formula is C24H25FN2O4. The van der Waals surface area contributed by atoms with E-state index in [4.69, 9.17) is 14.2 Å². The molecule has 0 saturated heterocycles. The molecule has 0 aliphatic heterocycles. The second-order valence-electron chi connectivity index (χ2n) is 6.64. The van der Waals surface area contributed by atoms with Crippen molar-refractivity contribution in [2.45, 2.75) is 13.5 Å². The summed E-state index contributed by atoms with van der Waals surface area (Å²) in [5.74, 6) is 1.13. The second-order valence-corrected chi connectivity index (χ2v) is 6.64. The van der Waals surface area contributed by atoms with Gasteiger partial charge in [0.25, 0.3) is 5.91 Å². The fraction of sp³-hybridized carbons (Fsp3) is 0.208. The number of hydrogen-bond donors (Lipinski definition) is 2. The van der Waals surface area contributed by atoms with Gasteiger partial charge in [-0.2, -0.15) is 0 Å². The predicted molar refractivity (Wildman–Crippen MR) is 118 cm³/mol. The van der Waals surface area contributed by atoms with E-state index in [-0.39, 0.29) is 18.3 Å². The Morgan fingerprint density at radius 3 is 2.29 bits per heavy atom. The summed E-state index contributed by atoms with van der Waals surface area (Å²) in [6, 6.07) is 18.8. The van der Waals surface area contributed by atoms with Gasteiger partial charge in [-0.25, -0.2) is 4.39 Å². The predicted octanol–water partition coefficient (Wildman–Crippen LogP) is 4.86. The van der Waals surface area contributed by atoms with Crippen LogP contribution in [0.2, 0.25) is 0 Å². The van der Waals surface area contributed by atoms with Crippen LogP contribution in [0.1, 0.15) is 12.5 Å². The van der Waals surface area contributed by atoms with E-state index in [1.807, 2.05) is 43.3 Å². The van der Waals surface area contributed by atoms with Gasteiger partial charge in [0.1, 0.15) is 11.6 Å². The molecule has 0 aliphatic rings. The van der Waals surface area contributed by atoms with Crippen LogP contribution in [0.15, 0.2) is 66.7 Å². The molecule has 31 heavy (non-hydrogen) atoms. The minimum Gasteiger partial charge on any atom is -0.497 e. The molecule has 2 N–H and O–H groups in total. The number of methoxy groups -OCH3 is 1. The van der Waals surface area contributed by atoms with Gasteiger partial charge < -0.3 is 24.8 Å². The Hall–Kier alpha value is -3.74. The normalized spacial score (nSPS) is 10.3. The lowest BCUT2D eigenvalue weighted by Crippen LogP contribution is -2.20. The SMILES string of the molecule is CCOc1cc(CNc2ccc(OC)cc2)ccc1OCC(=O)Nc1ccc(F)cc1. The van der Waals surface area contributed by atoms with Crippen LogP contribution in [0.5, 0.6) is 17.2 Å². The van der Waals surface area contributed by atoms with Crippen molar-refractivity contribution in [3.05, 3.63) is 78.1 Å². The number of carbonyl (C=O) groups excluding carboxylic acids is 1. The number of halogens is 1. The molecule has 0 spiro atoms. The first-order chi connectivity index (χ1) is 15.1. The van der Waals surface area contributed by atoms with Crippen LogP contribution >= 0.6 is 0 Å². The van der Waals surface area contributed by atoms with Gasteiger partial charge in [0.15, 0.2) is 18.1 Å². The standard InChI is InChI=1S/C24H25FN2O4/c1-3-30-23-14-17(15-26-19-9-11-21(29-2)12-10-19)4-13-22(23)31-16-24(28)27-20-7-5-18(25)6-8-20/h4-14,26H,3,15-16H2,1-2H3,(H,27,28). The summed E-state index contributed by atoms with van der Waals surface area (Å²) in [4.78, 5) is 12.1. The zero-order chi connectivity index (χ0) is 22.1. The zero-order valence-corrected chi connectivity index (χ0v) is 17.5. The van der Waals surface area contributed by atoms with Gasteiger partial charge in [-0.1, -0.05) is 6.07 Å². The summed E-state index contributed by atoms with van der Waals surface area (Å²) >= 11 is 0. The van der Waals surface area contributed by atoms with Gasteiger partial charge in [-0.3, -0.25) is 4.79 Å². The Morgan fingerprint density at radius 1 is 0.903 bits per heavy atom. The molecule has 0 saturated carbocycles. The molecule has 0 radical (unpaired) electrons. The van der Waals surface area contributed by atoms with E-state index < -0.39 is 0 Å². The highest BCUT2D eigenvalue weighted by atomic mass is 19.1. The molecule has 1 amide bonds. The number of nitrogens with one attached hydrogen (secondary N) is 2. The molecule has 0 aromatic heterocycles. The van der Waals surface area contributed by atoms with Crippen LogP contribution in [0.3, 0.4) is 0 Å². The molecule has 0 aliphatic carbocycles. The summed E-state index contributed by atoms with van der Waals surface area (Å²) in [6.45, 7) is 2.75. The quantitative estimate of drug-likeness (QED) is 0.486. The first kappa shape index (κ1) is 22.0. The molecular weight excluding hydrogens is 399 g/mol. The Balaban J connectivity index is 1.58. The number of anilines is 2. The summed E-state index contributed by atoms with van der Waals surface area (Å²) in [5.41, 5.74) is 2.47. The highest BCUT2D eigenvalue weighted by Gasteiger charge is 2.10. The molecule has 3 rings (SSSR count). The van der Waals surface area contributed by atoms with Crippen molar-refractivity contribution in [1.29, 1.82) is 0 Å². The number of benzene rings is 3. The first-order valence-electron chi connectivity index (χ1n) is 9.89. The molecule has 3 aromatic carbocycles. The third kappa shape index (κ3) is 6.64. The number of hydrogen-bond acceptors (Lipinski definition) is 5. The Labute approximate surface area is 181 Å². The lowest BCUT2D eigenvalue weighted by molar-refractivity contribution is -0.118. The minimum atomic E-state index is -0.364. The van der Waals surface area contributed by atoms with Gasteiger partial charge in [0.05, 0.1) is 13.7 Å². The maximum absolute atomic E-state index is 13.0. The third-order valence-corrected chi connectivity index (χ3v) is 4.38. The van der Waals surface area contributed by atoms with E-state index in [0.29, 0.717) is 30.3 Å². The van der Waals surface area contributed by atoms with E-state index in [2.05, 4.69) is 10.6 Å². The van der Waals surface area contributed by atoms with Crippen LogP contribution in [0.4, 0.5) is 15.8 Å². The molecule has 0 heterocycles. The van der Waals surface area contributed by atoms with Crippen molar-refractivity contribution in [2.75, 3.05) is 31.0 Å². The number of amides is 1. The van der Waals surface area contributed by atoms with Crippen molar-refractivity contribution in [1.82, 2.24) is 0 Å². The van der Waals surface area contributed by atoms with Crippen molar-refractivity contribution in [3.8, 4) is 17.2 Å². The lowest BCUT2D eigenvalue weighted by atomic mass is 10.2. The average molecular weight is 424 g/mol. The zero-order valence-electron chi connectivity index (χ0n) is 17.5. The number of carbonyl (C=O) groups is 1. The van der Waals surface area contributed by atoms with Crippen molar-refractivity contribution in [2.24, 2.45) is 0 Å². The van der Waals surface area contributed by atoms with Crippen LogP contribution in [-0.2, 0) is 11.3 Å². The second kappa shape index (κ2) is 10.9. The van der Waals surface area contributed by atoms with Gasteiger partial charge >= 0.3 is 0 Å². The average Bonchev–Trinajstić information content (AvgIpc) is 2.79. The van der Waals surface area contributed by atoms with Gasteiger partial charge in [0, 0.05) is 17.9 Å². The van der Waals surface area contributed by atoms with E-state index in [0.717, 1.165) is 17.0 Å². The lowest BCUT2D eigenvalue weighted by Gasteiger charge is -2.14.